The Hall–Kier alpha value is -0.980. The molecule has 112 valence electrons. The van der Waals surface area contributed by atoms with Crippen LogP contribution in [-0.2, 0) is 16.4 Å². The van der Waals surface area contributed by atoms with Crippen LogP contribution in [-0.4, -0.2) is 31.2 Å². The first-order valence-electron chi connectivity index (χ1n) is 7.14. The lowest BCUT2D eigenvalue weighted by molar-refractivity contribution is 0.296. The average molecular weight is 297 g/mol. The Morgan fingerprint density at radius 3 is 2.50 bits per heavy atom. The van der Waals surface area contributed by atoms with Crippen molar-refractivity contribution in [2.75, 3.05) is 12.3 Å². The SMILES string of the molecule is NC1(CNS(=O)(=O)CCc2ccncc2)CCCCC1. The molecule has 1 aliphatic carbocycles. The van der Waals surface area contributed by atoms with E-state index in [-0.39, 0.29) is 11.3 Å². The van der Waals surface area contributed by atoms with Crippen molar-refractivity contribution in [3.8, 4) is 0 Å². The number of rotatable bonds is 6. The number of aromatic nitrogens is 1. The zero-order valence-corrected chi connectivity index (χ0v) is 12.5. The summed E-state index contributed by atoms with van der Waals surface area (Å²) < 4.78 is 26.7. The van der Waals surface area contributed by atoms with Gasteiger partial charge in [0.25, 0.3) is 0 Å². The first-order chi connectivity index (χ1) is 9.49. The van der Waals surface area contributed by atoms with E-state index in [2.05, 4.69) is 9.71 Å². The summed E-state index contributed by atoms with van der Waals surface area (Å²) in [6, 6.07) is 3.67. The van der Waals surface area contributed by atoms with Gasteiger partial charge in [0.1, 0.15) is 0 Å². The highest BCUT2D eigenvalue weighted by Crippen LogP contribution is 2.25. The lowest BCUT2D eigenvalue weighted by atomic mass is 9.83. The van der Waals surface area contributed by atoms with Gasteiger partial charge in [-0.15, -0.1) is 0 Å². The van der Waals surface area contributed by atoms with Crippen LogP contribution in [0.3, 0.4) is 0 Å². The van der Waals surface area contributed by atoms with Gasteiger partial charge >= 0.3 is 0 Å². The molecular weight excluding hydrogens is 274 g/mol. The molecule has 0 atom stereocenters. The topological polar surface area (TPSA) is 85.1 Å². The van der Waals surface area contributed by atoms with Gasteiger partial charge < -0.3 is 5.73 Å². The van der Waals surface area contributed by atoms with Crippen LogP contribution in [0.5, 0.6) is 0 Å². The maximum Gasteiger partial charge on any atom is 0.211 e. The Balaban J connectivity index is 1.82. The van der Waals surface area contributed by atoms with E-state index < -0.39 is 10.0 Å². The van der Waals surface area contributed by atoms with Crippen LogP contribution in [0.15, 0.2) is 24.5 Å². The van der Waals surface area contributed by atoms with Crippen LogP contribution in [0.4, 0.5) is 0 Å². The van der Waals surface area contributed by atoms with Gasteiger partial charge in [-0.2, -0.15) is 0 Å². The maximum absolute atomic E-state index is 12.0. The van der Waals surface area contributed by atoms with Crippen molar-refractivity contribution in [3.05, 3.63) is 30.1 Å². The van der Waals surface area contributed by atoms with E-state index in [1.807, 2.05) is 12.1 Å². The van der Waals surface area contributed by atoms with Crippen LogP contribution in [0, 0.1) is 0 Å². The van der Waals surface area contributed by atoms with E-state index in [0.717, 1.165) is 31.2 Å². The highest BCUT2D eigenvalue weighted by molar-refractivity contribution is 7.89. The van der Waals surface area contributed by atoms with Gasteiger partial charge in [-0.1, -0.05) is 19.3 Å². The minimum atomic E-state index is -3.27. The predicted molar refractivity (Wildman–Crippen MR) is 79.7 cm³/mol. The Morgan fingerprint density at radius 1 is 1.20 bits per heavy atom. The molecule has 1 aromatic heterocycles. The van der Waals surface area contributed by atoms with Crippen molar-refractivity contribution in [2.24, 2.45) is 5.73 Å². The summed E-state index contributed by atoms with van der Waals surface area (Å²) in [5.41, 5.74) is 6.86. The molecule has 0 bridgehead atoms. The fourth-order valence-electron chi connectivity index (χ4n) is 2.56. The lowest BCUT2D eigenvalue weighted by Crippen LogP contribution is -2.51. The summed E-state index contributed by atoms with van der Waals surface area (Å²) in [5.74, 6) is 0.0904. The Morgan fingerprint density at radius 2 is 1.85 bits per heavy atom. The summed E-state index contributed by atoms with van der Waals surface area (Å²) in [6.45, 7) is 0.353. The quantitative estimate of drug-likeness (QED) is 0.826. The third kappa shape index (κ3) is 4.85. The zero-order chi connectivity index (χ0) is 14.5. The molecule has 1 aromatic rings. The van der Waals surface area contributed by atoms with E-state index in [1.165, 1.54) is 6.42 Å². The second-order valence-electron chi connectivity index (χ2n) is 5.67. The number of aryl methyl sites for hydroxylation is 1. The summed E-state index contributed by atoms with van der Waals surface area (Å²) in [4.78, 5) is 3.91. The van der Waals surface area contributed by atoms with Gasteiger partial charge in [-0.3, -0.25) is 4.98 Å². The van der Waals surface area contributed by atoms with Crippen LogP contribution in [0.2, 0.25) is 0 Å². The fraction of sp³-hybridized carbons (Fsp3) is 0.643. The highest BCUT2D eigenvalue weighted by Gasteiger charge is 2.28. The molecule has 1 fully saturated rings. The number of pyridine rings is 1. The molecule has 0 saturated heterocycles. The van der Waals surface area contributed by atoms with E-state index in [0.29, 0.717) is 13.0 Å². The van der Waals surface area contributed by atoms with E-state index in [9.17, 15) is 8.42 Å². The monoisotopic (exact) mass is 297 g/mol. The van der Waals surface area contributed by atoms with Crippen LogP contribution in [0.1, 0.15) is 37.7 Å². The van der Waals surface area contributed by atoms with Crippen molar-refractivity contribution >= 4 is 10.0 Å². The summed E-state index contributed by atoms with van der Waals surface area (Å²) in [7, 11) is -3.27. The third-order valence-electron chi connectivity index (χ3n) is 3.90. The van der Waals surface area contributed by atoms with Gasteiger partial charge in [0.2, 0.25) is 10.0 Å². The number of nitrogens with zero attached hydrogens (tertiary/aromatic N) is 1. The molecule has 0 aliphatic heterocycles. The molecule has 20 heavy (non-hydrogen) atoms. The third-order valence-corrected chi connectivity index (χ3v) is 5.23. The molecule has 3 N–H and O–H groups in total. The Bertz CT molecular complexity index is 510. The van der Waals surface area contributed by atoms with E-state index in [4.69, 9.17) is 5.73 Å². The normalized spacial score (nSPS) is 18.9. The van der Waals surface area contributed by atoms with E-state index in [1.54, 1.807) is 12.4 Å². The molecule has 1 heterocycles. The average Bonchev–Trinajstić information content (AvgIpc) is 2.46. The molecule has 1 aliphatic rings. The molecule has 0 radical (unpaired) electrons. The number of nitrogens with one attached hydrogen (secondary N) is 1. The summed E-state index contributed by atoms with van der Waals surface area (Å²) in [6.07, 6.45) is 9.03. The van der Waals surface area contributed by atoms with Gasteiger partial charge in [0.15, 0.2) is 0 Å². The van der Waals surface area contributed by atoms with Crippen molar-refractivity contribution in [1.82, 2.24) is 9.71 Å². The first-order valence-corrected chi connectivity index (χ1v) is 8.80. The van der Waals surface area contributed by atoms with Crippen molar-refractivity contribution in [3.63, 3.8) is 0 Å². The molecular formula is C14H23N3O2S. The van der Waals surface area contributed by atoms with Gasteiger partial charge in [-0.25, -0.2) is 13.1 Å². The van der Waals surface area contributed by atoms with Crippen molar-refractivity contribution in [2.45, 2.75) is 44.1 Å². The maximum atomic E-state index is 12.0. The molecule has 0 amide bonds. The molecule has 0 unspecified atom stereocenters. The number of hydrogen-bond acceptors (Lipinski definition) is 4. The predicted octanol–water partition coefficient (Wildman–Crippen LogP) is 1.21. The number of sulfonamides is 1. The Labute approximate surface area is 121 Å². The minimum Gasteiger partial charge on any atom is -0.324 e. The van der Waals surface area contributed by atoms with Gasteiger partial charge in [-0.05, 0) is 37.0 Å². The smallest absolute Gasteiger partial charge is 0.211 e. The molecule has 6 heteroatoms. The molecule has 0 aromatic carbocycles. The van der Waals surface area contributed by atoms with E-state index >= 15 is 0 Å². The van der Waals surface area contributed by atoms with Gasteiger partial charge in [0, 0.05) is 24.5 Å². The molecule has 2 rings (SSSR count). The van der Waals surface area contributed by atoms with Gasteiger partial charge in [0.05, 0.1) is 5.75 Å². The first kappa shape index (κ1) is 15.4. The van der Waals surface area contributed by atoms with Crippen molar-refractivity contribution in [1.29, 1.82) is 0 Å². The summed E-state index contributed by atoms with van der Waals surface area (Å²) in [5, 5.41) is 0. The second kappa shape index (κ2) is 6.65. The number of nitrogens with two attached hydrogens (primary N) is 1. The summed E-state index contributed by atoms with van der Waals surface area (Å²) >= 11 is 0. The standard InChI is InChI=1S/C14H23N3O2S/c15-14(7-2-1-3-8-14)12-17-20(18,19)11-6-13-4-9-16-10-5-13/h4-5,9-10,17H,1-3,6-8,11-12,15H2. The largest absolute Gasteiger partial charge is 0.324 e. The second-order valence-corrected chi connectivity index (χ2v) is 7.59. The molecule has 0 spiro atoms. The zero-order valence-electron chi connectivity index (χ0n) is 11.7. The van der Waals surface area contributed by atoms with Crippen LogP contribution < -0.4 is 10.5 Å². The molecule has 5 nitrogen and oxygen atoms in total. The van der Waals surface area contributed by atoms with Crippen LogP contribution >= 0.6 is 0 Å². The molecule has 1 saturated carbocycles. The number of hydrogen-bond donors (Lipinski definition) is 2. The minimum absolute atomic E-state index is 0.0904. The Kier molecular flexibility index (Phi) is 5.12. The van der Waals surface area contributed by atoms with Crippen molar-refractivity contribution < 1.29 is 8.42 Å². The van der Waals surface area contributed by atoms with Crippen LogP contribution in [0.25, 0.3) is 0 Å². The fourth-order valence-corrected chi connectivity index (χ4v) is 3.72. The highest BCUT2D eigenvalue weighted by atomic mass is 32.2. The lowest BCUT2D eigenvalue weighted by Gasteiger charge is -2.33.